The van der Waals surface area contributed by atoms with Crippen LogP contribution in [0.25, 0.3) is 6.08 Å². The molecule has 0 bridgehead atoms. The third-order valence-corrected chi connectivity index (χ3v) is 8.34. The lowest BCUT2D eigenvalue weighted by Crippen LogP contribution is -2.46. The minimum absolute atomic E-state index is 0.0723. The molecule has 1 aromatic rings. The van der Waals surface area contributed by atoms with Gasteiger partial charge >= 0.3 is 5.97 Å². The number of allylic oxidation sites excluding steroid dienone is 2. The van der Waals surface area contributed by atoms with Crippen LogP contribution < -0.4 is 0 Å². The zero-order valence-electron chi connectivity index (χ0n) is 23.3. The lowest BCUT2D eigenvalue weighted by atomic mass is 9.71. The number of nitrogens with zero attached hydrogens (tertiary/aromatic N) is 1. The highest BCUT2D eigenvalue weighted by molar-refractivity contribution is 7.09. The fourth-order valence-corrected chi connectivity index (χ4v) is 5.37. The number of Topliss-reactive ketones (excluding diaryl/α,β-unsaturated/α-hetero) is 1. The molecule has 1 aliphatic heterocycles. The van der Waals surface area contributed by atoms with Crippen molar-refractivity contribution in [1.82, 2.24) is 4.98 Å². The molecule has 37 heavy (non-hydrogen) atoms. The molecule has 6 nitrogen and oxygen atoms in total. The first-order chi connectivity index (χ1) is 17.4. The number of carbonyl (C=O) groups excluding carboxylic acids is 2. The molecule has 206 valence electrons. The van der Waals surface area contributed by atoms with Crippen LogP contribution in [-0.2, 0) is 14.3 Å². The Labute approximate surface area is 226 Å². The van der Waals surface area contributed by atoms with Crippen molar-refractivity contribution in [2.24, 2.45) is 17.3 Å². The van der Waals surface area contributed by atoms with Crippen LogP contribution in [0, 0.1) is 24.2 Å². The van der Waals surface area contributed by atoms with Gasteiger partial charge in [-0.15, -0.1) is 17.9 Å². The quantitative estimate of drug-likeness (QED) is 0.346. The molecule has 2 heterocycles. The summed E-state index contributed by atoms with van der Waals surface area (Å²) in [6, 6.07) is 0. The van der Waals surface area contributed by atoms with E-state index in [0.29, 0.717) is 19.3 Å². The zero-order chi connectivity index (χ0) is 27.8. The van der Waals surface area contributed by atoms with Gasteiger partial charge in [0.05, 0.1) is 34.7 Å². The van der Waals surface area contributed by atoms with Gasteiger partial charge in [-0.05, 0) is 70.4 Å². The molecule has 0 saturated heterocycles. The number of ketones is 1. The Morgan fingerprint density at radius 1 is 1.30 bits per heavy atom. The van der Waals surface area contributed by atoms with Crippen LogP contribution in [0.15, 0.2) is 35.3 Å². The molecular formula is C30H45NO5S. The van der Waals surface area contributed by atoms with E-state index in [-0.39, 0.29) is 18.1 Å². The van der Waals surface area contributed by atoms with Gasteiger partial charge in [-0.3, -0.25) is 9.59 Å². The summed E-state index contributed by atoms with van der Waals surface area (Å²) in [5.74, 6) is -1.51. The second-order valence-corrected chi connectivity index (χ2v) is 12.1. The number of cyclic esters (lactones) is 1. The van der Waals surface area contributed by atoms with Crippen molar-refractivity contribution in [2.45, 2.75) is 105 Å². The number of hydrogen-bond acceptors (Lipinski definition) is 7. The lowest BCUT2D eigenvalue weighted by Gasteiger charge is -2.36. The molecule has 0 amide bonds. The van der Waals surface area contributed by atoms with Gasteiger partial charge in [0.25, 0.3) is 0 Å². The van der Waals surface area contributed by atoms with Crippen molar-refractivity contribution >= 4 is 29.2 Å². The molecule has 1 aliphatic rings. The first-order valence-electron chi connectivity index (χ1n) is 13.3. The fourth-order valence-electron chi connectivity index (χ4n) is 4.80. The molecule has 5 atom stereocenters. The largest absolute Gasteiger partial charge is 0.457 e. The molecule has 0 aromatic carbocycles. The van der Waals surface area contributed by atoms with Gasteiger partial charge in [-0.25, -0.2) is 4.98 Å². The number of rotatable bonds is 5. The second-order valence-electron chi connectivity index (χ2n) is 11.1. The molecular weight excluding hydrogens is 486 g/mol. The Kier molecular flexibility index (Phi) is 11.9. The van der Waals surface area contributed by atoms with Gasteiger partial charge in [-0.1, -0.05) is 38.5 Å². The van der Waals surface area contributed by atoms with Crippen molar-refractivity contribution in [3.63, 3.8) is 0 Å². The summed E-state index contributed by atoms with van der Waals surface area (Å²) in [6.45, 7) is 15.0. The lowest BCUT2D eigenvalue weighted by molar-refractivity contribution is -0.154. The Hall–Kier alpha value is -2.09. The minimum atomic E-state index is -1.24. The van der Waals surface area contributed by atoms with E-state index in [2.05, 4.69) is 24.6 Å². The van der Waals surface area contributed by atoms with Gasteiger partial charge in [-0.2, -0.15) is 0 Å². The van der Waals surface area contributed by atoms with E-state index in [1.54, 1.807) is 31.3 Å². The fraction of sp³-hybridized carbons (Fsp3) is 0.633. The molecule has 7 heteroatoms. The highest BCUT2D eigenvalue weighted by atomic mass is 32.1. The molecule has 0 aliphatic carbocycles. The summed E-state index contributed by atoms with van der Waals surface area (Å²) in [7, 11) is 0. The number of hydrogen-bond donors (Lipinski definition) is 2. The number of aromatic nitrogens is 1. The molecule has 0 fully saturated rings. The molecule has 0 spiro atoms. The Morgan fingerprint density at radius 3 is 2.62 bits per heavy atom. The monoisotopic (exact) mass is 531 g/mol. The molecule has 0 saturated carbocycles. The average Bonchev–Trinajstić information content (AvgIpc) is 3.24. The van der Waals surface area contributed by atoms with E-state index in [1.165, 1.54) is 5.57 Å². The minimum Gasteiger partial charge on any atom is -0.457 e. The van der Waals surface area contributed by atoms with Crippen LogP contribution in [0.5, 0.6) is 0 Å². The van der Waals surface area contributed by atoms with Crippen molar-refractivity contribution < 1.29 is 24.5 Å². The van der Waals surface area contributed by atoms with Crippen molar-refractivity contribution in [2.75, 3.05) is 0 Å². The number of esters is 1. The third kappa shape index (κ3) is 9.01. The highest BCUT2D eigenvalue weighted by Gasteiger charge is 2.43. The first-order valence-corrected chi connectivity index (χ1v) is 14.2. The molecule has 1 aromatic heterocycles. The first kappa shape index (κ1) is 31.1. The summed E-state index contributed by atoms with van der Waals surface area (Å²) in [5, 5.41) is 25.1. The smallest absolute Gasteiger partial charge is 0.309 e. The summed E-state index contributed by atoms with van der Waals surface area (Å²) < 4.78 is 5.86. The van der Waals surface area contributed by atoms with E-state index >= 15 is 0 Å². The van der Waals surface area contributed by atoms with Crippen molar-refractivity contribution in [1.29, 1.82) is 0 Å². The van der Waals surface area contributed by atoms with Gasteiger partial charge < -0.3 is 14.9 Å². The van der Waals surface area contributed by atoms with Crippen LogP contribution in [-0.4, -0.2) is 45.3 Å². The predicted octanol–water partition coefficient (Wildman–Crippen LogP) is 6.21. The average molecular weight is 532 g/mol. The topological polar surface area (TPSA) is 96.7 Å². The number of aliphatic hydroxyl groups is 2. The Bertz CT molecular complexity index is 992. The molecule has 0 radical (unpaired) electrons. The molecule has 5 unspecified atom stereocenters. The third-order valence-electron chi connectivity index (χ3n) is 7.55. The van der Waals surface area contributed by atoms with E-state index in [9.17, 15) is 19.8 Å². The Balaban J connectivity index is 2.37. The van der Waals surface area contributed by atoms with Crippen LogP contribution >= 0.6 is 11.3 Å². The summed E-state index contributed by atoms with van der Waals surface area (Å²) in [5.41, 5.74) is 1.66. The number of aryl methyl sites for hydroxylation is 1. The summed E-state index contributed by atoms with van der Waals surface area (Å²) >= 11 is 1.56. The summed E-state index contributed by atoms with van der Waals surface area (Å²) in [6.07, 6.45) is 6.99. The standard InChI is InChI=1S/C30H45NO5S/c1-8-9-13-24-28(34)20(3)12-10-11-19(2)14-15-25(21(4)16-23-18-37-22(5)31-23)36-27(33)17-26(32)30(6,7)29(24)35/h8,14,16,18,20,24-26,28,32,34H,1,9-13,15,17H2,2-7H3/b19-14+,21-16?. The normalized spacial score (nSPS) is 30.3. The zero-order valence-corrected chi connectivity index (χ0v) is 24.1. The number of ether oxygens (including phenoxy) is 1. The SMILES string of the molecule is C=CCCC1C(=O)C(C)(C)C(O)CC(=O)OC(C(C)=Cc2csc(C)n2)C/C=C(\C)CCCC(C)C1O. The van der Waals surface area contributed by atoms with Crippen LogP contribution in [0.4, 0.5) is 0 Å². The maximum Gasteiger partial charge on any atom is 0.309 e. The van der Waals surface area contributed by atoms with Crippen molar-refractivity contribution in [3.8, 4) is 0 Å². The van der Waals surface area contributed by atoms with Gasteiger partial charge in [0, 0.05) is 17.7 Å². The van der Waals surface area contributed by atoms with Gasteiger partial charge in [0.1, 0.15) is 11.9 Å². The maximum absolute atomic E-state index is 13.6. The summed E-state index contributed by atoms with van der Waals surface area (Å²) in [4.78, 5) is 31.1. The maximum atomic E-state index is 13.6. The van der Waals surface area contributed by atoms with E-state index < -0.39 is 35.6 Å². The highest BCUT2D eigenvalue weighted by Crippen LogP contribution is 2.34. The predicted molar refractivity (Wildman–Crippen MR) is 150 cm³/mol. The van der Waals surface area contributed by atoms with E-state index in [0.717, 1.165) is 35.5 Å². The van der Waals surface area contributed by atoms with Gasteiger partial charge in [0.15, 0.2) is 0 Å². The van der Waals surface area contributed by atoms with Gasteiger partial charge in [0.2, 0.25) is 0 Å². The Morgan fingerprint density at radius 2 is 2.00 bits per heavy atom. The van der Waals surface area contributed by atoms with E-state index in [1.807, 2.05) is 32.2 Å². The molecule has 2 rings (SSSR count). The van der Waals surface area contributed by atoms with Crippen LogP contribution in [0.1, 0.15) is 90.3 Å². The van der Waals surface area contributed by atoms with E-state index in [4.69, 9.17) is 4.74 Å². The van der Waals surface area contributed by atoms with Crippen LogP contribution in [0.2, 0.25) is 0 Å². The number of carbonyl (C=O) groups is 2. The number of aliphatic hydroxyl groups excluding tert-OH is 2. The van der Waals surface area contributed by atoms with Crippen LogP contribution in [0.3, 0.4) is 0 Å². The number of thiazole rings is 1. The molecule has 2 N–H and O–H groups in total. The van der Waals surface area contributed by atoms with Crippen molar-refractivity contribution in [3.05, 3.63) is 46.0 Å². The second kappa shape index (κ2) is 14.2.